The normalized spacial score (nSPS) is 15.6. The summed E-state index contributed by atoms with van der Waals surface area (Å²) in [5, 5.41) is 6.88. The molecule has 158 valence electrons. The van der Waals surface area contributed by atoms with E-state index in [4.69, 9.17) is 14.5 Å². The third kappa shape index (κ3) is 7.68. The summed E-state index contributed by atoms with van der Waals surface area (Å²) >= 11 is 0. The Morgan fingerprint density at radius 2 is 2.00 bits per heavy atom. The fraction of sp³-hybridized carbons (Fsp3) is 0.682. The molecule has 0 amide bonds. The van der Waals surface area contributed by atoms with Gasteiger partial charge in [0.2, 0.25) is 0 Å². The number of aliphatic imine (C=N–C) groups is 1. The van der Waals surface area contributed by atoms with E-state index in [1.54, 1.807) is 0 Å². The molecule has 28 heavy (non-hydrogen) atoms. The van der Waals surface area contributed by atoms with Gasteiger partial charge in [-0.2, -0.15) is 0 Å². The van der Waals surface area contributed by atoms with E-state index in [9.17, 15) is 0 Å². The molecule has 1 aromatic carbocycles. The Labute approximate surface area is 170 Å². The van der Waals surface area contributed by atoms with Gasteiger partial charge in [0.1, 0.15) is 12.4 Å². The third-order valence-corrected chi connectivity index (χ3v) is 4.97. The maximum atomic E-state index is 5.94. The van der Waals surface area contributed by atoms with Crippen molar-refractivity contribution in [1.29, 1.82) is 0 Å². The molecule has 1 aliphatic carbocycles. The third-order valence-electron chi connectivity index (χ3n) is 4.97. The van der Waals surface area contributed by atoms with Crippen molar-refractivity contribution >= 4 is 5.96 Å². The van der Waals surface area contributed by atoms with Crippen LogP contribution in [0.1, 0.15) is 37.8 Å². The highest BCUT2D eigenvalue weighted by atomic mass is 16.5. The molecule has 6 nitrogen and oxygen atoms in total. The molecular weight excluding hydrogens is 352 g/mol. The highest BCUT2D eigenvalue weighted by molar-refractivity contribution is 5.79. The van der Waals surface area contributed by atoms with Gasteiger partial charge in [0.05, 0.1) is 13.2 Å². The van der Waals surface area contributed by atoms with E-state index in [0.29, 0.717) is 32.4 Å². The summed E-state index contributed by atoms with van der Waals surface area (Å²) in [5.41, 5.74) is 2.27. The van der Waals surface area contributed by atoms with Crippen LogP contribution in [0.3, 0.4) is 0 Å². The Morgan fingerprint density at radius 3 is 2.64 bits per heavy atom. The Morgan fingerprint density at radius 1 is 1.21 bits per heavy atom. The van der Waals surface area contributed by atoms with E-state index in [1.807, 2.05) is 6.92 Å². The van der Waals surface area contributed by atoms with E-state index in [-0.39, 0.29) is 0 Å². The van der Waals surface area contributed by atoms with Crippen LogP contribution in [0.5, 0.6) is 5.75 Å². The Hall–Kier alpha value is -1.79. The van der Waals surface area contributed by atoms with Crippen LogP contribution in [0.2, 0.25) is 0 Å². The monoisotopic (exact) mass is 390 g/mol. The van der Waals surface area contributed by atoms with Gasteiger partial charge < -0.3 is 25.0 Å². The topological polar surface area (TPSA) is 58.1 Å². The molecule has 0 aromatic heterocycles. The van der Waals surface area contributed by atoms with Gasteiger partial charge in [0, 0.05) is 31.3 Å². The molecule has 1 unspecified atom stereocenters. The zero-order valence-corrected chi connectivity index (χ0v) is 18.3. The lowest BCUT2D eigenvalue weighted by Crippen LogP contribution is -2.46. The molecule has 2 rings (SSSR count). The molecule has 0 aliphatic heterocycles. The zero-order valence-electron chi connectivity index (χ0n) is 18.3. The first-order valence-electron chi connectivity index (χ1n) is 10.5. The number of aryl methyl sites for hydroxylation is 1. The van der Waals surface area contributed by atoms with E-state index in [0.717, 1.165) is 36.3 Å². The number of nitrogens with zero attached hydrogens (tertiary/aromatic N) is 2. The number of ether oxygens (including phenoxy) is 2. The van der Waals surface area contributed by atoms with Gasteiger partial charge in [-0.05, 0) is 65.3 Å². The van der Waals surface area contributed by atoms with Gasteiger partial charge in [0.15, 0.2) is 5.96 Å². The number of rotatable bonds is 12. The van der Waals surface area contributed by atoms with Gasteiger partial charge in [-0.15, -0.1) is 0 Å². The summed E-state index contributed by atoms with van der Waals surface area (Å²) in [7, 11) is 4.32. The molecule has 1 atom stereocenters. The second-order valence-electron chi connectivity index (χ2n) is 7.60. The first-order valence-corrected chi connectivity index (χ1v) is 10.5. The summed E-state index contributed by atoms with van der Waals surface area (Å²) in [5.74, 6) is 2.56. The summed E-state index contributed by atoms with van der Waals surface area (Å²) in [6.45, 7) is 10.4. The second kappa shape index (κ2) is 11.9. The maximum absolute atomic E-state index is 5.94. The summed E-state index contributed by atoms with van der Waals surface area (Å²) in [6.07, 6.45) is 2.67. The number of likely N-dealkylation sites (N-methyl/N-ethyl adjacent to an activating group) is 1. The average molecular weight is 391 g/mol. The second-order valence-corrected chi connectivity index (χ2v) is 7.60. The molecule has 1 saturated carbocycles. The number of nitrogens with one attached hydrogen (secondary N) is 2. The minimum atomic E-state index is 0.554. The molecular formula is C22H38N4O2. The Kier molecular flexibility index (Phi) is 9.58. The van der Waals surface area contributed by atoms with Gasteiger partial charge >= 0.3 is 0 Å². The number of hydrogen-bond donors (Lipinski definition) is 2. The van der Waals surface area contributed by atoms with Crippen molar-refractivity contribution in [1.82, 2.24) is 15.5 Å². The van der Waals surface area contributed by atoms with Crippen LogP contribution in [0, 0.1) is 12.8 Å². The first-order chi connectivity index (χ1) is 13.5. The van der Waals surface area contributed by atoms with Crippen LogP contribution in [0.15, 0.2) is 23.2 Å². The van der Waals surface area contributed by atoms with Gasteiger partial charge in [-0.1, -0.05) is 12.1 Å². The van der Waals surface area contributed by atoms with Crippen LogP contribution >= 0.6 is 0 Å². The summed E-state index contributed by atoms with van der Waals surface area (Å²) in [4.78, 5) is 7.11. The van der Waals surface area contributed by atoms with Crippen LogP contribution in [0.25, 0.3) is 0 Å². The number of benzene rings is 1. The zero-order chi connectivity index (χ0) is 20.4. The average Bonchev–Trinajstić information content (AvgIpc) is 3.49. The molecule has 0 saturated heterocycles. The van der Waals surface area contributed by atoms with E-state index in [1.165, 1.54) is 18.4 Å². The predicted molar refractivity (Wildman–Crippen MR) is 116 cm³/mol. The van der Waals surface area contributed by atoms with Gasteiger partial charge in [-0.3, -0.25) is 0 Å². The number of hydrogen-bond acceptors (Lipinski definition) is 4. The van der Waals surface area contributed by atoms with Crippen LogP contribution in [-0.2, 0) is 11.3 Å². The van der Waals surface area contributed by atoms with Crippen molar-refractivity contribution in [3.8, 4) is 5.75 Å². The quantitative estimate of drug-likeness (QED) is 0.327. The van der Waals surface area contributed by atoms with E-state index < -0.39 is 0 Å². The Bertz CT molecular complexity index is 613. The van der Waals surface area contributed by atoms with Crippen LogP contribution in [0.4, 0.5) is 0 Å². The predicted octanol–water partition coefficient (Wildman–Crippen LogP) is 2.81. The highest BCUT2D eigenvalue weighted by Gasteiger charge is 2.32. The standard InChI is InChI=1S/C22H38N4O2/c1-6-23-22(25-16-20(26(4)5)18-10-11-18)24-15-19-9-8-17(3)14-21(19)28-13-12-27-7-2/h8-9,14,18,20H,6-7,10-13,15-16H2,1-5H3,(H2,23,24,25). The number of guanidine groups is 1. The lowest BCUT2D eigenvalue weighted by Gasteiger charge is -2.25. The van der Waals surface area contributed by atoms with Crippen molar-refractivity contribution in [3.63, 3.8) is 0 Å². The van der Waals surface area contributed by atoms with Crippen molar-refractivity contribution in [2.24, 2.45) is 10.9 Å². The minimum Gasteiger partial charge on any atom is -0.491 e. The van der Waals surface area contributed by atoms with E-state index in [2.05, 4.69) is 61.7 Å². The lowest BCUT2D eigenvalue weighted by molar-refractivity contribution is 0.110. The molecule has 6 heteroatoms. The van der Waals surface area contributed by atoms with Crippen LogP contribution in [-0.4, -0.2) is 63.9 Å². The molecule has 1 fully saturated rings. The molecule has 0 spiro atoms. The molecule has 1 aromatic rings. The summed E-state index contributed by atoms with van der Waals surface area (Å²) < 4.78 is 11.3. The van der Waals surface area contributed by atoms with Gasteiger partial charge in [0.25, 0.3) is 0 Å². The Balaban J connectivity index is 1.98. The lowest BCUT2D eigenvalue weighted by atomic mass is 10.1. The van der Waals surface area contributed by atoms with E-state index >= 15 is 0 Å². The molecule has 1 aliphatic rings. The SMILES string of the molecule is CCNC(=NCc1ccc(C)cc1OCCOCC)NCC(C1CC1)N(C)C. The fourth-order valence-corrected chi connectivity index (χ4v) is 3.24. The van der Waals surface area contributed by atoms with Gasteiger partial charge in [-0.25, -0.2) is 4.99 Å². The molecule has 0 heterocycles. The maximum Gasteiger partial charge on any atom is 0.191 e. The molecule has 0 radical (unpaired) electrons. The van der Waals surface area contributed by atoms with Crippen molar-refractivity contribution in [2.75, 3.05) is 47.0 Å². The molecule has 0 bridgehead atoms. The molecule has 2 N–H and O–H groups in total. The van der Waals surface area contributed by atoms with Crippen molar-refractivity contribution < 1.29 is 9.47 Å². The van der Waals surface area contributed by atoms with Crippen molar-refractivity contribution in [3.05, 3.63) is 29.3 Å². The van der Waals surface area contributed by atoms with Crippen LogP contribution < -0.4 is 15.4 Å². The first kappa shape index (κ1) is 22.5. The highest BCUT2D eigenvalue weighted by Crippen LogP contribution is 2.34. The van der Waals surface area contributed by atoms with Crippen molar-refractivity contribution in [2.45, 2.75) is 46.2 Å². The minimum absolute atomic E-state index is 0.554. The largest absolute Gasteiger partial charge is 0.491 e. The smallest absolute Gasteiger partial charge is 0.191 e. The summed E-state index contributed by atoms with van der Waals surface area (Å²) in [6, 6.07) is 6.84. The fourth-order valence-electron chi connectivity index (χ4n) is 3.24.